The van der Waals surface area contributed by atoms with Crippen molar-refractivity contribution in [3.8, 4) is 0 Å². The summed E-state index contributed by atoms with van der Waals surface area (Å²) in [6.45, 7) is -1.06. The van der Waals surface area contributed by atoms with Crippen LogP contribution in [0.1, 0.15) is 32.1 Å². The van der Waals surface area contributed by atoms with E-state index in [-0.39, 0.29) is 18.5 Å². The van der Waals surface area contributed by atoms with Crippen LogP contribution in [0.25, 0.3) is 0 Å². The molecule has 1 fully saturated rings. The van der Waals surface area contributed by atoms with Crippen LogP contribution >= 0.6 is 0 Å². The highest BCUT2D eigenvalue weighted by Crippen LogP contribution is 2.26. The summed E-state index contributed by atoms with van der Waals surface area (Å²) < 4.78 is 35.8. The Hall–Kier alpha value is -0.980. The lowest BCUT2D eigenvalue weighted by atomic mass is 9.84. The number of carbonyl (C=O) groups excluding carboxylic acids is 1. The van der Waals surface area contributed by atoms with Crippen LogP contribution in [0.2, 0.25) is 0 Å². The van der Waals surface area contributed by atoms with Gasteiger partial charge >= 0.3 is 12.2 Å². The molecule has 0 heterocycles. The molecule has 0 aromatic heterocycles. The minimum atomic E-state index is -4.39. The average molecular weight is 267 g/mol. The molecule has 0 aromatic rings. The van der Waals surface area contributed by atoms with Crippen LogP contribution in [0, 0.1) is 5.92 Å². The predicted octanol–water partition coefficient (Wildman–Crippen LogP) is 1.76. The molecule has 1 rings (SSSR count). The van der Waals surface area contributed by atoms with Gasteiger partial charge in [-0.2, -0.15) is 13.2 Å². The van der Waals surface area contributed by atoms with Crippen LogP contribution in [0.15, 0.2) is 0 Å². The van der Waals surface area contributed by atoms with E-state index in [1.54, 1.807) is 5.32 Å². The number of nitrogens with two attached hydrogens (primary N) is 1. The SMILES string of the molecule is NCC(NC(=O)NCC(F)(F)F)C1CCCCC1. The van der Waals surface area contributed by atoms with E-state index in [2.05, 4.69) is 5.32 Å². The number of hydrogen-bond donors (Lipinski definition) is 3. The summed E-state index contributed by atoms with van der Waals surface area (Å²) in [6.07, 6.45) is 0.914. The van der Waals surface area contributed by atoms with Gasteiger partial charge in [0.05, 0.1) is 0 Å². The van der Waals surface area contributed by atoms with Gasteiger partial charge in [0.1, 0.15) is 6.54 Å². The average Bonchev–Trinajstić information content (AvgIpc) is 2.33. The molecule has 2 amide bonds. The maximum absolute atomic E-state index is 11.9. The van der Waals surface area contributed by atoms with Crippen molar-refractivity contribution >= 4 is 6.03 Å². The lowest BCUT2D eigenvalue weighted by Crippen LogP contribution is -2.51. The van der Waals surface area contributed by atoms with Crippen LogP contribution in [0.3, 0.4) is 0 Å². The van der Waals surface area contributed by atoms with Gasteiger partial charge in [-0.1, -0.05) is 19.3 Å². The first-order valence-corrected chi connectivity index (χ1v) is 6.23. The Bertz CT molecular complexity index is 265. The Morgan fingerprint density at radius 2 is 1.89 bits per heavy atom. The lowest BCUT2D eigenvalue weighted by Gasteiger charge is -2.30. The maximum atomic E-state index is 11.9. The fourth-order valence-corrected chi connectivity index (χ4v) is 2.31. The lowest BCUT2D eigenvalue weighted by molar-refractivity contribution is -0.122. The van der Waals surface area contributed by atoms with E-state index in [1.165, 1.54) is 6.42 Å². The summed E-state index contributed by atoms with van der Waals surface area (Å²) in [5, 5.41) is 4.33. The van der Waals surface area contributed by atoms with Crippen molar-refractivity contribution in [3.05, 3.63) is 0 Å². The first-order chi connectivity index (χ1) is 8.42. The largest absolute Gasteiger partial charge is 0.405 e. The van der Waals surface area contributed by atoms with Gasteiger partial charge in [0, 0.05) is 12.6 Å². The van der Waals surface area contributed by atoms with Crippen LogP contribution in [0.5, 0.6) is 0 Å². The molecule has 1 unspecified atom stereocenters. The van der Waals surface area contributed by atoms with Gasteiger partial charge in [-0.15, -0.1) is 0 Å². The van der Waals surface area contributed by atoms with Gasteiger partial charge < -0.3 is 16.4 Å². The fraction of sp³-hybridized carbons (Fsp3) is 0.909. The monoisotopic (exact) mass is 267 g/mol. The van der Waals surface area contributed by atoms with Crippen molar-refractivity contribution in [2.24, 2.45) is 11.7 Å². The number of amides is 2. The first-order valence-electron chi connectivity index (χ1n) is 6.23. The molecule has 0 saturated heterocycles. The molecular formula is C11H20F3N3O. The van der Waals surface area contributed by atoms with Gasteiger partial charge in [-0.3, -0.25) is 0 Å². The van der Waals surface area contributed by atoms with Gasteiger partial charge in [0.2, 0.25) is 0 Å². The zero-order chi connectivity index (χ0) is 13.6. The Balaban J connectivity index is 2.35. The fourth-order valence-electron chi connectivity index (χ4n) is 2.31. The molecule has 0 aliphatic heterocycles. The Morgan fingerprint density at radius 3 is 2.39 bits per heavy atom. The number of nitrogens with one attached hydrogen (secondary N) is 2. The minimum Gasteiger partial charge on any atom is -0.334 e. The smallest absolute Gasteiger partial charge is 0.334 e. The van der Waals surface area contributed by atoms with E-state index in [4.69, 9.17) is 5.73 Å². The molecule has 0 spiro atoms. The number of carbonyl (C=O) groups is 1. The van der Waals surface area contributed by atoms with E-state index >= 15 is 0 Å². The van der Waals surface area contributed by atoms with Crippen LogP contribution in [-0.2, 0) is 0 Å². The number of urea groups is 1. The van der Waals surface area contributed by atoms with E-state index in [9.17, 15) is 18.0 Å². The van der Waals surface area contributed by atoms with Crippen molar-refractivity contribution in [3.63, 3.8) is 0 Å². The normalized spacial score (nSPS) is 19.3. The molecule has 1 saturated carbocycles. The van der Waals surface area contributed by atoms with Crippen molar-refractivity contribution in [1.82, 2.24) is 10.6 Å². The van der Waals surface area contributed by atoms with Gasteiger partial charge in [-0.25, -0.2) is 4.79 Å². The molecule has 0 radical (unpaired) electrons. The molecule has 1 atom stereocenters. The summed E-state index contributed by atoms with van der Waals surface area (Å²) in [5.74, 6) is 0.278. The summed E-state index contributed by atoms with van der Waals surface area (Å²) in [7, 11) is 0. The number of hydrogen-bond acceptors (Lipinski definition) is 2. The molecule has 7 heteroatoms. The maximum Gasteiger partial charge on any atom is 0.405 e. The molecule has 1 aliphatic carbocycles. The molecule has 0 bridgehead atoms. The highest BCUT2D eigenvalue weighted by molar-refractivity contribution is 5.74. The van der Waals surface area contributed by atoms with Crippen LogP contribution in [-0.4, -0.2) is 31.3 Å². The zero-order valence-electron chi connectivity index (χ0n) is 10.2. The zero-order valence-corrected chi connectivity index (χ0v) is 10.2. The Kier molecular flexibility index (Phi) is 5.71. The van der Waals surface area contributed by atoms with E-state index in [1.807, 2.05) is 0 Å². The summed E-state index contributed by atoms with van der Waals surface area (Å²) in [6, 6.07) is -1.04. The molecule has 1 aliphatic rings. The van der Waals surface area contributed by atoms with E-state index in [0.29, 0.717) is 0 Å². The van der Waals surface area contributed by atoms with Crippen molar-refractivity contribution in [2.75, 3.05) is 13.1 Å². The van der Waals surface area contributed by atoms with E-state index in [0.717, 1.165) is 25.7 Å². The van der Waals surface area contributed by atoms with Crippen LogP contribution < -0.4 is 16.4 Å². The van der Waals surface area contributed by atoms with Gasteiger partial charge in [0.25, 0.3) is 0 Å². The minimum absolute atomic E-state index is 0.237. The molecule has 4 N–H and O–H groups in total. The van der Waals surface area contributed by atoms with Gasteiger partial charge in [0.15, 0.2) is 0 Å². The topological polar surface area (TPSA) is 67.1 Å². The standard InChI is InChI=1S/C11H20F3N3O/c12-11(13,14)7-16-10(18)17-9(6-15)8-4-2-1-3-5-8/h8-9H,1-7,15H2,(H2,16,17,18). The number of rotatable bonds is 4. The van der Waals surface area contributed by atoms with Crippen molar-refractivity contribution < 1.29 is 18.0 Å². The third-order valence-electron chi connectivity index (χ3n) is 3.24. The second kappa shape index (κ2) is 6.82. The Labute approximate surface area is 104 Å². The van der Waals surface area contributed by atoms with Crippen molar-refractivity contribution in [2.45, 2.75) is 44.3 Å². The molecule has 4 nitrogen and oxygen atoms in total. The first kappa shape index (κ1) is 15.1. The van der Waals surface area contributed by atoms with Crippen LogP contribution in [0.4, 0.5) is 18.0 Å². The summed E-state index contributed by atoms with van der Waals surface area (Å²) >= 11 is 0. The highest BCUT2D eigenvalue weighted by Gasteiger charge is 2.29. The number of alkyl halides is 3. The highest BCUT2D eigenvalue weighted by atomic mass is 19.4. The quantitative estimate of drug-likeness (QED) is 0.726. The molecule has 0 aromatic carbocycles. The van der Waals surface area contributed by atoms with Crippen molar-refractivity contribution in [1.29, 1.82) is 0 Å². The van der Waals surface area contributed by atoms with Gasteiger partial charge in [-0.05, 0) is 18.8 Å². The third kappa shape index (κ3) is 5.57. The second-order valence-corrected chi connectivity index (χ2v) is 4.68. The number of halogens is 3. The third-order valence-corrected chi connectivity index (χ3v) is 3.24. The summed E-state index contributed by atoms with van der Waals surface area (Å²) in [5.41, 5.74) is 5.57. The molecule has 18 heavy (non-hydrogen) atoms. The second-order valence-electron chi connectivity index (χ2n) is 4.68. The predicted molar refractivity (Wildman–Crippen MR) is 62.0 cm³/mol. The Morgan fingerprint density at radius 1 is 1.28 bits per heavy atom. The summed E-state index contributed by atoms with van der Waals surface area (Å²) in [4.78, 5) is 11.3. The van der Waals surface area contributed by atoms with E-state index < -0.39 is 18.8 Å². The molecular weight excluding hydrogens is 247 g/mol. The molecule has 106 valence electrons.